The fourth-order valence-corrected chi connectivity index (χ4v) is 6.79. The number of benzene rings is 2. The van der Waals surface area contributed by atoms with Crippen LogP contribution in [0.3, 0.4) is 0 Å². The van der Waals surface area contributed by atoms with Crippen molar-refractivity contribution in [1.82, 2.24) is 19.3 Å². The Balaban J connectivity index is 1.20. The number of ketones is 1. The van der Waals surface area contributed by atoms with Crippen LogP contribution in [0.5, 0.6) is 0 Å². The van der Waals surface area contributed by atoms with Gasteiger partial charge in [0.25, 0.3) is 0 Å². The molecule has 244 valence electrons. The predicted molar refractivity (Wildman–Crippen MR) is 180 cm³/mol. The summed E-state index contributed by atoms with van der Waals surface area (Å²) in [6.07, 6.45) is 11.2. The number of ether oxygens (including phenoxy) is 1. The van der Waals surface area contributed by atoms with Gasteiger partial charge in [0.1, 0.15) is 22.8 Å². The van der Waals surface area contributed by atoms with E-state index in [-0.39, 0.29) is 11.3 Å². The number of anilines is 1. The molecule has 8 nitrogen and oxygen atoms in total. The number of nitrogens with zero attached hydrogens (tertiary/aromatic N) is 3. The average Bonchev–Trinajstić information content (AvgIpc) is 3.68. The third-order valence-corrected chi connectivity index (χ3v) is 9.34. The minimum Gasteiger partial charge on any atom is -0.381 e. The summed E-state index contributed by atoms with van der Waals surface area (Å²) in [6.45, 7) is 2.49. The number of carbonyl (C=O) groups is 2. The van der Waals surface area contributed by atoms with Crippen molar-refractivity contribution in [3.05, 3.63) is 101 Å². The van der Waals surface area contributed by atoms with Crippen LogP contribution in [0.15, 0.2) is 67.1 Å². The number of fused-ring (bicyclic) bond motifs is 2. The molecule has 47 heavy (non-hydrogen) atoms. The van der Waals surface area contributed by atoms with Crippen molar-refractivity contribution in [1.29, 1.82) is 0 Å². The molecular weight excluding hydrogens is 624 g/mol. The first-order valence-electron chi connectivity index (χ1n) is 15.7. The Labute approximate surface area is 276 Å². The number of halogens is 3. The van der Waals surface area contributed by atoms with Gasteiger partial charge in [-0.25, -0.2) is 13.8 Å². The molecule has 0 unspecified atom stereocenters. The molecule has 1 saturated carbocycles. The normalized spacial score (nSPS) is 16.8. The molecule has 2 N–H and O–H groups in total. The molecule has 6 rings (SSSR count). The zero-order chi connectivity index (χ0) is 33.2. The van der Waals surface area contributed by atoms with E-state index in [2.05, 4.69) is 21.7 Å². The number of aryl methyl sites for hydroxylation is 2. The molecule has 0 saturated heterocycles. The highest BCUT2D eigenvalue weighted by Gasteiger charge is 2.23. The van der Waals surface area contributed by atoms with Crippen molar-refractivity contribution in [2.45, 2.75) is 51.2 Å². The van der Waals surface area contributed by atoms with E-state index < -0.39 is 29.0 Å². The highest BCUT2D eigenvalue weighted by Crippen LogP contribution is 2.39. The van der Waals surface area contributed by atoms with Gasteiger partial charge in [-0.05, 0) is 74.1 Å². The summed E-state index contributed by atoms with van der Waals surface area (Å²) < 4.78 is 39.3. The van der Waals surface area contributed by atoms with Crippen molar-refractivity contribution in [3.63, 3.8) is 0 Å². The number of hydrogen-bond donors (Lipinski definition) is 2. The number of rotatable bonds is 10. The van der Waals surface area contributed by atoms with E-state index >= 15 is 8.78 Å². The number of aromatic nitrogens is 3. The molecule has 1 fully saturated rings. The second-order valence-electron chi connectivity index (χ2n) is 11.9. The lowest BCUT2D eigenvalue weighted by atomic mass is 9.93. The van der Waals surface area contributed by atoms with E-state index in [0.717, 1.165) is 60.0 Å². The minimum atomic E-state index is -1.05. The minimum absolute atomic E-state index is 0.187. The second-order valence-corrected chi connectivity index (χ2v) is 12.2. The summed E-state index contributed by atoms with van der Waals surface area (Å²) >= 11 is 6.92. The Morgan fingerprint density at radius 3 is 2.53 bits per heavy atom. The van der Waals surface area contributed by atoms with Gasteiger partial charge in [-0.3, -0.25) is 9.59 Å². The van der Waals surface area contributed by atoms with Gasteiger partial charge in [0.05, 0.1) is 34.2 Å². The molecule has 0 atom stereocenters. The Hall–Kier alpha value is -4.38. The number of imidazole rings is 1. The van der Waals surface area contributed by atoms with E-state index in [4.69, 9.17) is 16.3 Å². The number of nitrogens with one attached hydrogen (secondary N) is 2. The maximum Gasteiger partial charge on any atom is 0.248 e. The summed E-state index contributed by atoms with van der Waals surface area (Å²) in [6, 6.07) is 11.4. The molecule has 0 aliphatic heterocycles. The number of pyridine rings is 1. The lowest BCUT2D eigenvalue weighted by Crippen LogP contribution is -2.35. The van der Waals surface area contributed by atoms with Crippen LogP contribution in [-0.2, 0) is 23.0 Å². The molecule has 5 aromatic rings. The van der Waals surface area contributed by atoms with E-state index in [9.17, 15) is 9.59 Å². The van der Waals surface area contributed by atoms with Crippen LogP contribution >= 0.6 is 11.6 Å². The number of hydrogen-bond acceptors (Lipinski definition) is 5. The Kier molecular flexibility index (Phi) is 9.54. The molecule has 1 amide bonds. The van der Waals surface area contributed by atoms with E-state index in [1.165, 1.54) is 6.08 Å². The van der Waals surface area contributed by atoms with Crippen LogP contribution in [0.1, 0.15) is 54.2 Å². The molecule has 0 spiro atoms. The Morgan fingerprint density at radius 2 is 1.83 bits per heavy atom. The summed E-state index contributed by atoms with van der Waals surface area (Å²) in [5.41, 5.74) is 4.36. The molecular formula is C36H36ClF2N5O3. The molecule has 3 heterocycles. The molecule has 3 aromatic heterocycles. The number of amides is 1. The predicted octanol–water partition coefficient (Wildman–Crippen LogP) is 7.26. The second kappa shape index (κ2) is 13.8. The Morgan fingerprint density at radius 1 is 1.09 bits per heavy atom. The molecule has 0 bridgehead atoms. The topological polar surface area (TPSA) is 89.7 Å². The fourth-order valence-electron chi connectivity index (χ4n) is 6.42. The van der Waals surface area contributed by atoms with Gasteiger partial charge in [-0.15, -0.1) is 0 Å². The fraction of sp³-hybridized carbons (Fsp3) is 0.306. The highest BCUT2D eigenvalue weighted by atomic mass is 35.5. The van der Waals surface area contributed by atoms with Crippen molar-refractivity contribution >= 4 is 45.5 Å². The van der Waals surface area contributed by atoms with E-state index in [0.29, 0.717) is 41.2 Å². The largest absolute Gasteiger partial charge is 0.381 e. The van der Waals surface area contributed by atoms with Gasteiger partial charge in [-0.2, -0.15) is 0 Å². The van der Waals surface area contributed by atoms with Gasteiger partial charge in [0.15, 0.2) is 0 Å². The standard InChI is InChI=1S/C36H36ClF2N5O3/c1-4-21-19-30-35(41-20-43(30)2)33(37)32(21)25-7-6-16-44-28(25)13-14-29(44)36(46)22-17-26(38)34(27(39)18-22)42-31(45)8-5-15-40-23-9-11-24(47-3)12-10-23/h5-8,13-14,16-20,23-24,40H,4,9-12,15H2,1-3H3,(H,42,45)/b8-5+. The molecule has 0 radical (unpaired) electrons. The van der Waals surface area contributed by atoms with E-state index in [1.54, 1.807) is 48.3 Å². The highest BCUT2D eigenvalue weighted by molar-refractivity contribution is 6.38. The summed E-state index contributed by atoms with van der Waals surface area (Å²) in [4.78, 5) is 30.5. The van der Waals surface area contributed by atoms with Gasteiger partial charge < -0.3 is 24.3 Å². The molecule has 1 aliphatic rings. The average molecular weight is 660 g/mol. The van der Waals surface area contributed by atoms with Crippen molar-refractivity contribution < 1.29 is 23.1 Å². The van der Waals surface area contributed by atoms with Crippen molar-refractivity contribution in [2.24, 2.45) is 7.05 Å². The molecule has 2 aromatic carbocycles. The van der Waals surface area contributed by atoms with Crippen molar-refractivity contribution in [3.8, 4) is 11.1 Å². The zero-order valence-corrected chi connectivity index (χ0v) is 27.2. The first-order valence-corrected chi connectivity index (χ1v) is 16.1. The third-order valence-electron chi connectivity index (χ3n) is 8.97. The zero-order valence-electron chi connectivity index (χ0n) is 26.4. The van der Waals surface area contributed by atoms with Crippen LogP contribution in [0, 0.1) is 11.6 Å². The van der Waals surface area contributed by atoms with Crippen LogP contribution in [0.2, 0.25) is 5.02 Å². The SMILES string of the molecule is CCc1cc2c(ncn2C)c(Cl)c1-c1cccn2c(C(=O)c3cc(F)c(NC(=O)/C=C/CNC4CCC(OC)CC4)c(F)c3)ccc12. The summed E-state index contributed by atoms with van der Waals surface area (Å²) in [5, 5.41) is 6.14. The third kappa shape index (κ3) is 6.45. The first-order chi connectivity index (χ1) is 22.7. The Bertz CT molecular complexity index is 1990. The smallest absolute Gasteiger partial charge is 0.248 e. The van der Waals surface area contributed by atoms with Crippen molar-refractivity contribution in [2.75, 3.05) is 19.0 Å². The van der Waals surface area contributed by atoms with Gasteiger partial charge in [0, 0.05) is 55.7 Å². The summed E-state index contributed by atoms with van der Waals surface area (Å²) in [5.74, 6) is -3.35. The summed E-state index contributed by atoms with van der Waals surface area (Å²) in [7, 11) is 3.63. The van der Waals surface area contributed by atoms with Crippen LogP contribution in [0.4, 0.5) is 14.5 Å². The maximum absolute atomic E-state index is 15.1. The maximum atomic E-state index is 15.1. The number of carbonyl (C=O) groups excluding carboxylic acids is 2. The van der Waals surface area contributed by atoms with Gasteiger partial charge >= 0.3 is 0 Å². The van der Waals surface area contributed by atoms with Crippen LogP contribution < -0.4 is 10.6 Å². The van der Waals surface area contributed by atoms with Crippen LogP contribution in [0.25, 0.3) is 27.7 Å². The lowest BCUT2D eigenvalue weighted by Gasteiger charge is -2.27. The number of methoxy groups -OCH3 is 1. The lowest BCUT2D eigenvalue weighted by molar-refractivity contribution is -0.112. The monoisotopic (exact) mass is 659 g/mol. The van der Waals surface area contributed by atoms with Crippen LogP contribution in [-0.4, -0.2) is 51.4 Å². The first kappa shape index (κ1) is 32.6. The van der Waals surface area contributed by atoms with Gasteiger partial charge in [-0.1, -0.05) is 30.7 Å². The quantitative estimate of drug-likeness (QED) is 0.122. The molecule has 1 aliphatic carbocycles. The van der Waals surface area contributed by atoms with Gasteiger partial charge in [0.2, 0.25) is 11.7 Å². The molecule has 11 heteroatoms. The van der Waals surface area contributed by atoms with E-state index in [1.807, 2.05) is 24.6 Å².